The van der Waals surface area contributed by atoms with E-state index >= 15 is 0 Å². The number of Topliss-reactive ketones (excluding diaryl/α,β-unsaturated/α-hetero) is 1. The lowest BCUT2D eigenvalue weighted by Crippen LogP contribution is -2.30. The van der Waals surface area contributed by atoms with E-state index in [1.807, 2.05) is 13.1 Å². The van der Waals surface area contributed by atoms with Crippen molar-refractivity contribution in [3.05, 3.63) is 33.5 Å². The predicted octanol–water partition coefficient (Wildman–Crippen LogP) is 5.40. The Morgan fingerprint density at radius 2 is 1.82 bits per heavy atom. The Balaban J connectivity index is 1.15. The summed E-state index contributed by atoms with van der Waals surface area (Å²) in [5.41, 5.74) is 2.08. The average molecular weight is 497 g/mol. The molecule has 34 heavy (non-hydrogen) atoms. The Morgan fingerprint density at radius 1 is 1.09 bits per heavy atom. The molecule has 0 unspecified atom stereocenters. The minimum atomic E-state index is -4.15. The van der Waals surface area contributed by atoms with Gasteiger partial charge in [0, 0.05) is 55.7 Å². The van der Waals surface area contributed by atoms with E-state index in [0.717, 1.165) is 72.9 Å². The highest BCUT2D eigenvalue weighted by molar-refractivity contribution is 7.11. The van der Waals surface area contributed by atoms with Crippen LogP contribution in [0.15, 0.2) is 12.4 Å². The smallest absolute Gasteiger partial charge is 0.303 e. The van der Waals surface area contributed by atoms with E-state index in [1.54, 1.807) is 22.2 Å². The second kappa shape index (κ2) is 11.3. The third-order valence-electron chi connectivity index (χ3n) is 7.38. The number of rotatable bonds is 9. The minimum absolute atomic E-state index is 0.0889. The molecule has 3 heterocycles. The summed E-state index contributed by atoms with van der Waals surface area (Å²) in [5, 5.41) is 5.22. The van der Waals surface area contributed by atoms with E-state index < -0.39 is 12.6 Å². The fourth-order valence-electron chi connectivity index (χ4n) is 5.42. The van der Waals surface area contributed by atoms with Gasteiger partial charge in [-0.25, -0.2) is 4.98 Å². The van der Waals surface area contributed by atoms with E-state index in [1.165, 1.54) is 12.8 Å². The molecule has 0 amide bonds. The third-order valence-corrected chi connectivity index (χ3v) is 8.29. The molecule has 0 spiro atoms. The monoisotopic (exact) mass is 496 g/mol. The molecule has 0 bridgehead atoms. The Morgan fingerprint density at radius 3 is 2.53 bits per heavy atom. The molecule has 1 saturated carbocycles. The first-order chi connectivity index (χ1) is 16.2. The van der Waals surface area contributed by atoms with Crippen molar-refractivity contribution < 1.29 is 18.0 Å². The highest BCUT2D eigenvalue weighted by atomic mass is 32.1. The van der Waals surface area contributed by atoms with Crippen LogP contribution >= 0.6 is 11.3 Å². The highest BCUT2D eigenvalue weighted by Gasteiger charge is 2.28. The molecule has 0 saturated heterocycles. The van der Waals surface area contributed by atoms with E-state index in [0.29, 0.717) is 30.5 Å². The number of halogens is 3. The molecule has 0 N–H and O–H groups in total. The second-order valence-electron chi connectivity index (χ2n) is 9.99. The molecule has 2 aliphatic rings. The van der Waals surface area contributed by atoms with Gasteiger partial charge in [-0.05, 0) is 56.6 Å². The normalized spacial score (nSPS) is 21.9. The lowest BCUT2D eigenvalue weighted by atomic mass is 9.78. The lowest BCUT2D eigenvalue weighted by molar-refractivity contribution is -0.137. The van der Waals surface area contributed by atoms with Gasteiger partial charge in [0.15, 0.2) is 0 Å². The van der Waals surface area contributed by atoms with Crippen molar-refractivity contribution in [1.82, 2.24) is 19.7 Å². The Labute approximate surface area is 203 Å². The van der Waals surface area contributed by atoms with Crippen molar-refractivity contribution in [3.8, 4) is 0 Å². The Hall–Kier alpha value is -1.74. The fraction of sp³-hybridized carbons (Fsp3) is 0.720. The van der Waals surface area contributed by atoms with Crippen LogP contribution in [0.2, 0.25) is 0 Å². The minimum Gasteiger partial charge on any atom is -0.303 e. The van der Waals surface area contributed by atoms with Crippen LogP contribution in [0.3, 0.4) is 0 Å². The van der Waals surface area contributed by atoms with Gasteiger partial charge in [-0.3, -0.25) is 9.48 Å². The zero-order chi connectivity index (χ0) is 24.1. The zero-order valence-electron chi connectivity index (χ0n) is 19.9. The molecule has 1 aliphatic carbocycles. The summed E-state index contributed by atoms with van der Waals surface area (Å²) in [5.74, 6) is 1.57. The number of alkyl halides is 3. The number of hydrogen-bond acceptors (Lipinski definition) is 5. The van der Waals surface area contributed by atoms with Gasteiger partial charge in [0.2, 0.25) is 0 Å². The summed E-state index contributed by atoms with van der Waals surface area (Å²) in [7, 11) is 0. The van der Waals surface area contributed by atoms with Crippen LogP contribution in [0.1, 0.15) is 66.1 Å². The van der Waals surface area contributed by atoms with E-state index in [9.17, 15) is 18.0 Å². The molecule has 2 aromatic heterocycles. The third kappa shape index (κ3) is 7.38. The summed E-state index contributed by atoms with van der Waals surface area (Å²) < 4.78 is 39.4. The predicted molar refractivity (Wildman–Crippen MR) is 127 cm³/mol. The van der Waals surface area contributed by atoms with E-state index in [-0.39, 0.29) is 6.54 Å². The summed E-state index contributed by atoms with van der Waals surface area (Å²) in [6.07, 6.45) is 7.27. The molecule has 1 fully saturated rings. The van der Waals surface area contributed by atoms with Crippen molar-refractivity contribution in [3.63, 3.8) is 0 Å². The van der Waals surface area contributed by atoms with Crippen LogP contribution in [-0.2, 0) is 30.6 Å². The van der Waals surface area contributed by atoms with Crippen molar-refractivity contribution in [2.45, 2.75) is 83.9 Å². The standard InChI is InChI=1S/C25H35F3N4OS/c1-18-29-17-23(34-18)15-22(33)14-20-4-2-19(3-5-20)6-10-31-11-7-21-16-30-32(24(21)8-12-31)13-9-25(26,27)28/h16-17,19-20H,2-15H2,1H3. The molecule has 0 aromatic carbocycles. The summed E-state index contributed by atoms with van der Waals surface area (Å²) >= 11 is 1.61. The number of aryl methyl sites for hydroxylation is 2. The molecular formula is C25H35F3N4OS. The van der Waals surface area contributed by atoms with Gasteiger partial charge in [0.25, 0.3) is 0 Å². The largest absolute Gasteiger partial charge is 0.390 e. The molecule has 5 nitrogen and oxygen atoms in total. The average Bonchev–Trinajstić information content (AvgIpc) is 3.31. The first-order valence-corrected chi connectivity index (χ1v) is 13.3. The maximum absolute atomic E-state index is 12.6. The highest BCUT2D eigenvalue weighted by Crippen LogP contribution is 2.33. The topological polar surface area (TPSA) is 51.0 Å². The molecule has 0 radical (unpaired) electrons. The fourth-order valence-corrected chi connectivity index (χ4v) is 6.24. The molecule has 9 heteroatoms. The van der Waals surface area contributed by atoms with Gasteiger partial charge in [-0.2, -0.15) is 18.3 Å². The molecule has 188 valence electrons. The maximum atomic E-state index is 12.6. The number of fused-ring (bicyclic) bond motifs is 1. The van der Waals surface area contributed by atoms with Crippen molar-refractivity contribution in [1.29, 1.82) is 0 Å². The van der Waals surface area contributed by atoms with Crippen molar-refractivity contribution in [2.75, 3.05) is 19.6 Å². The van der Waals surface area contributed by atoms with Crippen LogP contribution in [0.5, 0.6) is 0 Å². The summed E-state index contributed by atoms with van der Waals surface area (Å²) in [6.45, 7) is 4.74. The van der Waals surface area contributed by atoms with Gasteiger partial charge in [-0.15, -0.1) is 11.3 Å². The second-order valence-corrected chi connectivity index (χ2v) is 11.3. The summed E-state index contributed by atoms with van der Waals surface area (Å²) in [6, 6.07) is 0. The van der Waals surface area contributed by atoms with Crippen molar-refractivity contribution in [2.24, 2.45) is 11.8 Å². The number of carbonyl (C=O) groups is 1. The van der Waals surface area contributed by atoms with Crippen molar-refractivity contribution >= 4 is 17.1 Å². The maximum Gasteiger partial charge on any atom is 0.390 e. The van der Waals surface area contributed by atoms with Crippen LogP contribution < -0.4 is 0 Å². The number of carbonyl (C=O) groups excluding carboxylic acids is 1. The van der Waals surface area contributed by atoms with Gasteiger partial charge < -0.3 is 4.90 Å². The van der Waals surface area contributed by atoms with Crippen LogP contribution in [0, 0.1) is 18.8 Å². The molecule has 1 aliphatic heterocycles. The SMILES string of the molecule is Cc1ncc(CC(=O)CC2CCC(CCN3CCc4cnn(CCC(F)(F)F)c4CC3)CC2)s1. The van der Waals surface area contributed by atoms with E-state index in [2.05, 4.69) is 15.0 Å². The Bertz CT molecular complexity index is 946. The number of nitrogens with zero attached hydrogens (tertiary/aromatic N) is 4. The number of thiazole rings is 1. The van der Waals surface area contributed by atoms with Gasteiger partial charge in [-0.1, -0.05) is 12.8 Å². The molecule has 2 aromatic rings. The zero-order valence-corrected chi connectivity index (χ0v) is 20.8. The van der Waals surface area contributed by atoms with Gasteiger partial charge in [0.1, 0.15) is 5.78 Å². The van der Waals surface area contributed by atoms with Gasteiger partial charge >= 0.3 is 6.18 Å². The van der Waals surface area contributed by atoms with E-state index in [4.69, 9.17) is 0 Å². The lowest BCUT2D eigenvalue weighted by Gasteiger charge is -2.30. The quantitative estimate of drug-likeness (QED) is 0.467. The first-order valence-electron chi connectivity index (χ1n) is 12.5. The van der Waals surface area contributed by atoms with Crippen LogP contribution in [0.4, 0.5) is 13.2 Å². The molecular weight excluding hydrogens is 461 g/mol. The first kappa shape index (κ1) is 25.4. The molecule has 4 rings (SSSR count). The summed E-state index contributed by atoms with van der Waals surface area (Å²) in [4.78, 5) is 20.2. The number of hydrogen-bond donors (Lipinski definition) is 0. The Kier molecular flexibility index (Phi) is 8.45. The molecule has 0 atom stereocenters. The van der Waals surface area contributed by atoms with Crippen LogP contribution in [-0.4, -0.2) is 51.3 Å². The van der Waals surface area contributed by atoms with Crippen LogP contribution in [0.25, 0.3) is 0 Å². The van der Waals surface area contributed by atoms with Gasteiger partial charge in [0.05, 0.1) is 17.6 Å². The number of aromatic nitrogens is 3. The number of ketones is 1.